The van der Waals surface area contributed by atoms with Gasteiger partial charge >= 0.3 is 5.97 Å². The monoisotopic (exact) mass is 270 g/mol. The zero-order valence-electron chi connectivity index (χ0n) is 14.5. The lowest BCUT2D eigenvalue weighted by Gasteiger charge is -2.37. The van der Waals surface area contributed by atoms with Gasteiger partial charge in [0.2, 0.25) is 0 Å². The Balaban J connectivity index is 5.03. The summed E-state index contributed by atoms with van der Waals surface area (Å²) in [7, 11) is 0. The predicted octanol–water partition coefficient (Wildman–Crippen LogP) is 5.21. The van der Waals surface area contributed by atoms with Crippen LogP contribution < -0.4 is 0 Å². The van der Waals surface area contributed by atoms with Gasteiger partial charge in [0.15, 0.2) is 0 Å². The summed E-state index contributed by atoms with van der Waals surface area (Å²) in [6.07, 6.45) is 2.79. The lowest BCUT2D eigenvalue weighted by molar-refractivity contribution is -0.167. The maximum Gasteiger partial charge on any atom is 0.310 e. The van der Waals surface area contributed by atoms with Gasteiger partial charge in [0.25, 0.3) is 0 Å². The minimum absolute atomic E-state index is 0.0409. The maximum absolute atomic E-state index is 12.5. The van der Waals surface area contributed by atoms with Gasteiger partial charge in [0, 0.05) is 0 Å². The van der Waals surface area contributed by atoms with E-state index < -0.39 is 0 Å². The summed E-state index contributed by atoms with van der Waals surface area (Å²) >= 11 is 0. The first-order chi connectivity index (χ1) is 8.34. The molecule has 0 aromatic rings. The quantitative estimate of drug-likeness (QED) is 0.619. The van der Waals surface area contributed by atoms with E-state index in [1.54, 1.807) is 0 Å². The van der Waals surface area contributed by atoms with Crippen LogP contribution in [0.4, 0.5) is 0 Å². The smallest absolute Gasteiger partial charge is 0.310 e. The first-order valence-electron chi connectivity index (χ1n) is 7.57. The molecule has 2 nitrogen and oxygen atoms in total. The van der Waals surface area contributed by atoms with Crippen molar-refractivity contribution in [3.8, 4) is 0 Å². The van der Waals surface area contributed by atoms with Crippen LogP contribution in [0.2, 0.25) is 0 Å². The minimum atomic E-state index is -0.364. The predicted molar refractivity (Wildman–Crippen MR) is 82.1 cm³/mol. The fraction of sp³-hybridized carbons (Fsp3) is 0.941. The van der Waals surface area contributed by atoms with Gasteiger partial charge in [-0.15, -0.1) is 0 Å². The molecule has 0 radical (unpaired) electrons. The van der Waals surface area contributed by atoms with Crippen LogP contribution >= 0.6 is 0 Å². The SMILES string of the molecule is CCC(C)(C)CC(C(=O)OC(C)(C)CC)C(C)(C)C. The van der Waals surface area contributed by atoms with Crippen LogP contribution in [0, 0.1) is 16.7 Å². The van der Waals surface area contributed by atoms with Gasteiger partial charge in [-0.05, 0) is 37.5 Å². The normalized spacial score (nSPS) is 15.2. The lowest BCUT2D eigenvalue weighted by Crippen LogP contribution is -2.38. The second-order valence-electron chi connectivity index (χ2n) is 8.17. The highest BCUT2D eigenvalue weighted by Gasteiger charge is 2.38. The Labute approximate surface area is 120 Å². The second kappa shape index (κ2) is 6.28. The molecule has 0 N–H and O–H groups in total. The molecule has 0 saturated carbocycles. The third kappa shape index (κ3) is 6.44. The van der Waals surface area contributed by atoms with Crippen LogP contribution in [0.5, 0.6) is 0 Å². The first kappa shape index (κ1) is 18.5. The van der Waals surface area contributed by atoms with Crippen molar-refractivity contribution in [3.63, 3.8) is 0 Å². The van der Waals surface area contributed by atoms with Crippen molar-refractivity contribution in [1.29, 1.82) is 0 Å². The molecular formula is C17H34O2. The molecule has 19 heavy (non-hydrogen) atoms. The highest BCUT2D eigenvalue weighted by molar-refractivity contribution is 5.73. The van der Waals surface area contributed by atoms with Crippen molar-refractivity contribution in [2.24, 2.45) is 16.7 Å². The van der Waals surface area contributed by atoms with E-state index in [1.165, 1.54) is 0 Å². The number of ether oxygens (including phenoxy) is 1. The molecule has 1 atom stereocenters. The zero-order chi connectivity index (χ0) is 15.5. The van der Waals surface area contributed by atoms with Crippen LogP contribution in [0.1, 0.15) is 81.6 Å². The molecule has 0 aliphatic heterocycles. The van der Waals surface area contributed by atoms with Crippen molar-refractivity contribution in [2.45, 2.75) is 87.2 Å². The average molecular weight is 270 g/mol. The Hall–Kier alpha value is -0.530. The Bertz CT molecular complexity index is 295. The molecule has 1 unspecified atom stereocenters. The van der Waals surface area contributed by atoms with Gasteiger partial charge in [0.1, 0.15) is 5.60 Å². The highest BCUT2D eigenvalue weighted by atomic mass is 16.6. The molecule has 0 saturated heterocycles. The number of esters is 1. The van der Waals surface area contributed by atoms with Crippen LogP contribution in [0.25, 0.3) is 0 Å². The number of hydrogen-bond donors (Lipinski definition) is 0. The third-order valence-electron chi connectivity index (χ3n) is 4.27. The topological polar surface area (TPSA) is 26.3 Å². The highest BCUT2D eigenvalue weighted by Crippen LogP contribution is 2.39. The molecule has 0 amide bonds. The van der Waals surface area contributed by atoms with Gasteiger partial charge < -0.3 is 4.74 Å². The number of rotatable bonds is 6. The molecule has 0 heterocycles. The third-order valence-corrected chi connectivity index (χ3v) is 4.27. The van der Waals surface area contributed by atoms with E-state index >= 15 is 0 Å². The maximum atomic E-state index is 12.5. The molecule has 0 fully saturated rings. The summed E-state index contributed by atoms with van der Waals surface area (Å²) in [6.45, 7) is 19.0. The Kier molecular flexibility index (Phi) is 6.10. The Morgan fingerprint density at radius 3 is 1.74 bits per heavy atom. The molecule has 114 valence electrons. The van der Waals surface area contributed by atoms with Crippen molar-refractivity contribution >= 4 is 5.97 Å². The van der Waals surface area contributed by atoms with E-state index in [-0.39, 0.29) is 28.3 Å². The largest absolute Gasteiger partial charge is 0.459 e. The fourth-order valence-corrected chi connectivity index (χ4v) is 1.86. The summed E-state index contributed by atoms with van der Waals surface area (Å²) in [6, 6.07) is 0. The molecule has 0 rings (SSSR count). The van der Waals surface area contributed by atoms with E-state index in [0.29, 0.717) is 0 Å². The van der Waals surface area contributed by atoms with Crippen LogP contribution in [-0.2, 0) is 9.53 Å². The Morgan fingerprint density at radius 1 is 0.947 bits per heavy atom. The molecule has 0 aromatic heterocycles. The standard InChI is InChI=1S/C17H34O2/c1-10-16(6,7)12-13(15(3,4)5)14(18)19-17(8,9)11-2/h13H,10-12H2,1-9H3. The number of hydrogen-bond acceptors (Lipinski definition) is 2. The molecule has 2 heteroatoms. The number of carbonyl (C=O) groups is 1. The zero-order valence-corrected chi connectivity index (χ0v) is 14.5. The Morgan fingerprint density at radius 2 is 1.42 bits per heavy atom. The minimum Gasteiger partial charge on any atom is -0.459 e. The van der Waals surface area contributed by atoms with Gasteiger partial charge in [0.05, 0.1) is 5.92 Å². The number of carbonyl (C=O) groups excluding carboxylic acids is 1. The van der Waals surface area contributed by atoms with Gasteiger partial charge in [-0.25, -0.2) is 0 Å². The molecule has 0 aliphatic carbocycles. The summed E-state index contributed by atoms with van der Waals surface area (Å²) in [5.74, 6) is -0.0887. The van der Waals surface area contributed by atoms with E-state index in [0.717, 1.165) is 19.3 Å². The summed E-state index contributed by atoms with van der Waals surface area (Å²) in [5.41, 5.74) is -0.252. The summed E-state index contributed by atoms with van der Waals surface area (Å²) in [4.78, 5) is 12.5. The second-order valence-corrected chi connectivity index (χ2v) is 8.17. The van der Waals surface area contributed by atoms with Crippen LogP contribution in [0.3, 0.4) is 0 Å². The van der Waals surface area contributed by atoms with Gasteiger partial charge in [-0.2, -0.15) is 0 Å². The summed E-state index contributed by atoms with van der Waals surface area (Å²) in [5, 5.41) is 0. The van der Waals surface area contributed by atoms with Gasteiger partial charge in [-0.3, -0.25) is 4.79 Å². The molecule has 0 spiro atoms. The van der Waals surface area contributed by atoms with Crippen molar-refractivity contribution in [3.05, 3.63) is 0 Å². The van der Waals surface area contributed by atoms with Crippen molar-refractivity contribution < 1.29 is 9.53 Å². The average Bonchev–Trinajstić information content (AvgIpc) is 2.24. The lowest BCUT2D eigenvalue weighted by atomic mass is 9.70. The van der Waals surface area contributed by atoms with Crippen molar-refractivity contribution in [1.82, 2.24) is 0 Å². The van der Waals surface area contributed by atoms with Crippen molar-refractivity contribution in [2.75, 3.05) is 0 Å². The van der Waals surface area contributed by atoms with Crippen LogP contribution in [0.15, 0.2) is 0 Å². The fourth-order valence-electron chi connectivity index (χ4n) is 1.86. The summed E-state index contributed by atoms with van der Waals surface area (Å²) < 4.78 is 5.73. The molecular weight excluding hydrogens is 236 g/mol. The van der Waals surface area contributed by atoms with E-state index in [9.17, 15) is 4.79 Å². The van der Waals surface area contributed by atoms with E-state index in [4.69, 9.17) is 4.74 Å². The molecule has 0 bridgehead atoms. The van der Waals surface area contributed by atoms with Crippen LogP contribution in [-0.4, -0.2) is 11.6 Å². The molecule has 0 aromatic carbocycles. The van der Waals surface area contributed by atoms with Gasteiger partial charge in [-0.1, -0.05) is 54.9 Å². The first-order valence-corrected chi connectivity index (χ1v) is 7.57. The molecule has 0 aliphatic rings. The van der Waals surface area contributed by atoms with E-state index in [2.05, 4.69) is 48.5 Å². The van der Waals surface area contributed by atoms with E-state index in [1.807, 2.05) is 13.8 Å².